The Bertz CT molecular complexity index is 1220. The van der Waals surface area contributed by atoms with E-state index in [4.69, 9.17) is 5.21 Å². The number of fused-ring (bicyclic) bond motifs is 1. The molecule has 0 bridgehead atoms. The monoisotopic (exact) mass is 386 g/mol. The predicted octanol–water partition coefficient (Wildman–Crippen LogP) is 2.82. The minimum absolute atomic E-state index is 0.194. The predicted molar refractivity (Wildman–Crippen MR) is 109 cm³/mol. The highest BCUT2D eigenvalue weighted by molar-refractivity contribution is 5.97. The number of benzene rings is 2. The van der Waals surface area contributed by atoms with Crippen molar-refractivity contribution in [2.24, 2.45) is 0 Å². The van der Waals surface area contributed by atoms with Gasteiger partial charge in [0, 0.05) is 36.0 Å². The van der Waals surface area contributed by atoms with Crippen molar-refractivity contribution in [3.63, 3.8) is 0 Å². The first-order valence-electron chi connectivity index (χ1n) is 9.12. The lowest BCUT2D eigenvalue weighted by molar-refractivity contribution is 0.0706. The van der Waals surface area contributed by atoms with E-state index in [0.29, 0.717) is 29.7 Å². The van der Waals surface area contributed by atoms with Crippen LogP contribution in [0.1, 0.15) is 16.1 Å². The van der Waals surface area contributed by atoms with Crippen molar-refractivity contribution in [3.8, 4) is 11.4 Å². The summed E-state index contributed by atoms with van der Waals surface area (Å²) in [6, 6.07) is 19.6. The number of pyridine rings is 1. The van der Waals surface area contributed by atoms with E-state index in [1.54, 1.807) is 22.3 Å². The molecule has 0 saturated heterocycles. The second-order valence-corrected chi connectivity index (χ2v) is 6.50. The molecule has 29 heavy (non-hydrogen) atoms. The third-order valence-electron chi connectivity index (χ3n) is 4.67. The quantitative estimate of drug-likeness (QED) is 0.406. The van der Waals surface area contributed by atoms with Crippen molar-refractivity contribution < 1.29 is 10.0 Å². The highest BCUT2D eigenvalue weighted by Gasteiger charge is 2.15. The third kappa shape index (κ3) is 3.76. The van der Waals surface area contributed by atoms with Crippen LogP contribution in [-0.4, -0.2) is 25.6 Å². The third-order valence-corrected chi connectivity index (χ3v) is 4.67. The maximum absolute atomic E-state index is 13.2. The van der Waals surface area contributed by atoms with E-state index < -0.39 is 5.91 Å². The molecular formula is C22H18N4O3. The van der Waals surface area contributed by atoms with Gasteiger partial charge in [-0.25, -0.2) is 10.5 Å². The molecule has 0 fully saturated rings. The van der Waals surface area contributed by atoms with E-state index in [2.05, 4.69) is 9.97 Å². The summed E-state index contributed by atoms with van der Waals surface area (Å²) in [7, 11) is 0. The van der Waals surface area contributed by atoms with Crippen molar-refractivity contribution in [1.82, 2.24) is 20.0 Å². The van der Waals surface area contributed by atoms with Crippen molar-refractivity contribution >= 4 is 16.8 Å². The van der Waals surface area contributed by atoms with Crippen molar-refractivity contribution in [1.29, 1.82) is 0 Å². The highest BCUT2D eigenvalue weighted by Crippen LogP contribution is 2.20. The molecule has 0 aliphatic carbocycles. The van der Waals surface area contributed by atoms with Gasteiger partial charge in [-0.05, 0) is 30.3 Å². The van der Waals surface area contributed by atoms with Crippen LogP contribution in [0.3, 0.4) is 0 Å². The summed E-state index contributed by atoms with van der Waals surface area (Å²) in [5.74, 6) is -0.144. The molecule has 4 rings (SSSR count). The lowest BCUT2D eigenvalue weighted by Gasteiger charge is -2.14. The second-order valence-electron chi connectivity index (χ2n) is 6.50. The number of amides is 1. The van der Waals surface area contributed by atoms with Crippen LogP contribution in [0.5, 0.6) is 0 Å². The fraction of sp³-hybridized carbons (Fsp3) is 0.0909. The standard InChI is InChI=1S/C22H18N4O3/c27-21(25-29)16-9-10-18-19(14-16)24-20(15-6-2-1-3-7-15)26(22(18)28)13-11-17-8-4-5-12-23-17/h1-10,12,14,29H,11,13H2,(H,25,27). The maximum Gasteiger partial charge on any atom is 0.274 e. The van der Waals surface area contributed by atoms with E-state index in [1.165, 1.54) is 12.1 Å². The van der Waals surface area contributed by atoms with Gasteiger partial charge < -0.3 is 0 Å². The van der Waals surface area contributed by atoms with Crippen molar-refractivity contribution in [2.75, 3.05) is 0 Å². The second kappa shape index (κ2) is 8.04. The summed E-state index contributed by atoms with van der Waals surface area (Å²) in [6.45, 7) is 0.419. The molecule has 0 radical (unpaired) electrons. The summed E-state index contributed by atoms with van der Waals surface area (Å²) in [5, 5.41) is 9.28. The number of nitrogens with zero attached hydrogens (tertiary/aromatic N) is 3. The van der Waals surface area contributed by atoms with Gasteiger partial charge in [-0.1, -0.05) is 36.4 Å². The Morgan fingerprint density at radius 2 is 1.83 bits per heavy atom. The van der Waals surface area contributed by atoms with Gasteiger partial charge in [0.2, 0.25) is 0 Å². The van der Waals surface area contributed by atoms with Crippen LogP contribution < -0.4 is 11.0 Å². The molecule has 0 aliphatic heterocycles. The SMILES string of the molecule is O=C(NO)c1ccc2c(=O)n(CCc3ccccn3)c(-c3ccccc3)nc2c1. The Balaban J connectivity index is 1.86. The molecule has 2 N–H and O–H groups in total. The number of hydroxylamine groups is 1. The van der Waals surface area contributed by atoms with E-state index >= 15 is 0 Å². The summed E-state index contributed by atoms with van der Waals surface area (Å²) < 4.78 is 1.64. The van der Waals surface area contributed by atoms with Gasteiger partial charge in [0.05, 0.1) is 10.9 Å². The number of nitrogens with one attached hydrogen (secondary N) is 1. The molecular weight excluding hydrogens is 368 g/mol. The van der Waals surface area contributed by atoms with Crippen LogP contribution >= 0.6 is 0 Å². The molecule has 1 amide bonds. The average molecular weight is 386 g/mol. The number of carbonyl (C=O) groups is 1. The van der Waals surface area contributed by atoms with Gasteiger partial charge in [-0.3, -0.25) is 24.3 Å². The van der Waals surface area contributed by atoms with Crippen molar-refractivity contribution in [3.05, 3.63) is 94.5 Å². The number of aromatic nitrogens is 3. The zero-order chi connectivity index (χ0) is 20.2. The molecule has 2 heterocycles. The zero-order valence-corrected chi connectivity index (χ0v) is 15.4. The van der Waals surface area contributed by atoms with Gasteiger partial charge in [-0.2, -0.15) is 0 Å². The van der Waals surface area contributed by atoms with Crippen molar-refractivity contribution in [2.45, 2.75) is 13.0 Å². The lowest BCUT2D eigenvalue weighted by Crippen LogP contribution is -2.25. The number of hydrogen-bond donors (Lipinski definition) is 2. The van der Waals surface area contributed by atoms with Gasteiger partial charge in [-0.15, -0.1) is 0 Å². The van der Waals surface area contributed by atoms with Crippen LogP contribution in [0, 0.1) is 0 Å². The molecule has 7 nitrogen and oxygen atoms in total. The summed E-state index contributed by atoms with van der Waals surface area (Å²) in [6.07, 6.45) is 2.31. The molecule has 0 spiro atoms. The average Bonchev–Trinajstić information content (AvgIpc) is 2.78. The maximum atomic E-state index is 13.2. The van der Waals surface area contributed by atoms with Crippen LogP contribution in [0.25, 0.3) is 22.3 Å². The topological polar surface area (TPSA) is 97.1 Å². The minimum Gasteiger partial charge on any atom is -0.292 e. The molecule has 0 saturated carbocycles. The van der Waals surface area contributed by atoms with E-state index in [-0.39, 0.29) is 11.1 Å². The van der Waals surface area contributed by atoms with Crippen LogP contribution in [0.4, 0.5) is 0 Å². The van der Waals surface area contributed by atoms with Gasteiger partial charge in [0.25, 0.3) is 11.5 Å². The lowest BCUT2D eigenvalue weighted by atomic mass is 10.1. The van der Waals surface area contributed by atoms with Crippen LogP contribution in [0.2, 0.25) is 0 Å². The Kier molecular flexibility index (Phi) is 5.13. The van der Waals surface area contributed by atoms with E-state index in [9.17, 15) is 9.59 Å². The fourth-order valence-corrected chi connectivity index (χ4v) is 3.21. The molecule has 0 atom stereocenters. The molecule has 2 aromatic carbocycles. The summed E-state index contributed by atoms with van der Waals surface area (Å²) in [5.41, 5.74) is 3.70. The van der Waals surface area contributed by atoms with Gasteiger partial charge in [0.15, 0.2) is 0 Å². The first kappa shape index (κ1) is 18.5. The zero-order valence-electron chi connectivity index (χ0n) is 15.4. The molecule has 0 unspecified atom stereocenters. The Hall–Kier alpha value is -3.84. The largest absolute Gasteiger partial charge is 0.292 e. The molecule has 2 aromatic heterocycles. The number of carbonyl (C=O) groups excluding carboxylic acids is 1. The van der Waals surface area contributed by atoms with Crippen LogP contribution in [0.15, 0.2) is 77.7 Å². The summed E-state index contributed by atoms with van der Waals surface area (Å²) in [4.78, 5) is 34.0. The summed E-state index contributed by atoms with van der Waals surface area (Å²) >= 11 is 0. The molecule has 0 aliphatic rings. The molecule has 4 aromatic rings. The fourth-order valence-electron chi connectivity index (χ4n) is 3.21. The number of hydrogen-bond acceptors (Lipinski definition) is 5. The highest BCUT2D eigenvalue weighted by atomic mass is 16.5. The smallest absolute Gasteiger partial charge is 0.274 e. The minimum atomic E-state index is -0.658. The van der Waals surface area contributed by atoms with Gasteiger partial charge >= 0.3 is 0 Å². The first-order chi connectivity index (χ1) is 14.2. The van der Waals surface area contributed by atoms with E-state index in [1.807, 2.05) is 48.5 Å². The van der Waals surface area contributed by atoms with E-state index in [0.717, 1.165) is 11.3 Å². The molecule has 7 heteroatoms. The Labute approximate surface area is 166 Å². The molecule has 144 valence electrons. The number of aryl methyl sites for hydroxylation is 1. The normalized spacial score (nSPS) is 10.8. The van der Waals surface area contributed by atoms with Crippen LogP contribution in [-0.2, 0) is 13.0 Å². The number of rotatable bonds is 5. The first-order valence-corrected chi connectivity index (χ1v) is 9.12. The Morgan fingerprint density at radius 1 is 1.03 bits per heavy atom. The Morgan fingerprint density at radius 3 is 2.55 bits per heavy atom. The van der Waals surface area contributed by atoms with Gasteiger partial charge in [0.1, 0.15) is 5.82 Å².